The highest BCUT2D eigenvalue weighted by molar-refractivity contribution is 5.94. The van der Waals surface area contributed by atoms with Crippen molar-refractivity contribution in [1.82, 2.24) is 15.2 Å². The number of carbonyl (C=O) groups excluding carboxylic acids is 1. The van der Waals surface area contributed by atoms with Crippen molar-refractivity contribution in [3.05, 3.63) is 54.4 Å². The van der Waals surface area contributed by atoms with Gasteiger partial charge in [-0.25, -0.2) is 0 Å². The largest absolute Gasteiger partial charge is 0.456 e. The van der Waals surface area contributed by atoms with E-state index in [1.165, 1.54) is 12.8 Å². The number of nitrogens with zero attached hydrogens (tertiary/aromatic N) is 2. The molecule has 0 radical (unpaired) electrons. The molecule has 24 heavy (non-hydrogen) atoms. The third-order valence-corrected chi connectivity index (χ3v) is 4.14. The number of rotatable bonds is 8. The fourth-order valence-electron chi connectivity index (χ4n) is 2.67. The fourth-order valence-corrected chi connectivity index (χ4v) is 2.67. The quantitative estimate of drug-likeness (QED) is 0.810. The van der Waals surface area contributed by atoms with Crippen LogP contribution in [0.15, 0.2) is 48.8 Å². The molecule has 1 aliphatic rings. The average Bonchev–Trinajstić information content (AvgIpc) is 3.45. The van der Waals surface area contributed by atoms with Crippen molar-refractivity contribution in [2.24, 2.45) is 0 Å². The molecular weight excluding hydrogens is 302 g/mol. The van der Waals surface area contributed by atoms with E-state index in [1.54, 1.807) is 36.7 Å². The van der Waals surface area contributed by atoms with Crippen LogP contribution in [0.5, 0.6) is 11.5 Å². The number of likely N-dealkylation sites (N-methyl/N-ethyl adjacent to an activating group) is 1. The monoisotopic (exact) mass is 325 g/mol. The Labute approximate surface area is 142 Å². The first-order valence-electron chi connectivity index (χ1n) is 8.46. The van der Waals surface area contributed by atoms with Gasteiger partial charge in [0, 0.05) is 30.9 Å². The Balaban J connectivity index is 1.48. The third-order valence-electron chi connectivity index (χ3n) is 4.14. The van der Waals surface area contributed by atoms with E-state index in [0.29, 0.717) is 23.6 Å². The molecule has 1 fully saturated rings. The topological polar surface area (TPSA) is 54.5 Å². The summed E-state index contributed by atoms with van der Waals surface area (Å²) in [7, 11) is 0. The summed E-state index contributed by atoms with van der Waals surface area (Å²) in [6.07, 6.45) is 5.93. The second-order valence-electron chi connectivity index (χ2n) is 5.93. The molecule has 0 saturated heterocycles. The van der Waals surface area contributed by atoms with Gasteiger partial charge in [0.1, 0.15) is 11.5 Å². The molecule has 1 aromatic carbocycles. The lowest BCUT2D eigenvalue weighted by Gasteiger charge is -2.19. The standard InChI is InChI=1S/C19H23N3O2/c1-2-22(16-7-8-16)13-12-21-19(23)15-5-9-17(10-6-15)24-18-4-3-11-20-14-18/h3-6,9-11,14,16H,2,7-8,12-13H2,1H3,(H,21,23). The number of hydrogen-bond donors (Lipinski definition) is 1. The normalized spacial score (nSPS) is 13.8. The second-order valence-corrected chi connectivity index (χ2v) is 5.93. The van der Waals surface area contributed by atoms with Gasteiger partial charge in [-0.3, -0.25) is 14.7 Å². The summed E-state index contributed by atoms with van der Waals surface area (Å²) in [5.41, 5.74) is 0.642. The fraction of sp³-hybridized carbons (Fsp3) is 0.368. The SMILES string of the molecule is CCN(CCNC(=O)c1ccc(Oc2cccnc2)cc1)C1CC1. The van der Waals surface area contributed by atoms with Crippen LogP contribution < -0.4 is 10.1 Å². The molecule has 126 valence electrons. The van der Waals surface area contributed by atoms with Crippen LogP contribution in [-0.4, -0.2) is 41.5 Å². The summed E-state index contributed by atoms with van der Waals surface area (Å²) in [5.74, 6) is 1.31. The number of nitrogens with one attached hydrogen (secondary N) is 1. The van der Waals surface area contributed by atoms with E-state index < -0.39 is 0 Å². The summed E-state index contributed by atoms with van der Waals surface area (Å²) < 4.78 is 5.67. The van der Waals surface area contributed by atoms with Crippen LogP contribution in [0.1, 0.15) is 30.1 Å². The molecule has 0 spiro atoms. The lowest BCUT2D eigenvalue weighted by molar-refractivity contribution is 0.0948. The summed E-state index contributed by atoms with van der Waals surface area (Å²) in [4.78, 5) is 18.6. The minimum atomic E-state index is -0.0465. The van der Waals surface area contributed by atoms with E-state index >= 15 is 0 Å². The predicted octanol–water partition coefficient (Wildman–Crippen LogP) is 3.09. The zero-order chi connectivity index (χ0) is 16.8. The number of pyridine rings is 1. The molecule has 1 N–H and O–H groups in total. The van der Waals surface area contributed by atoms with Gasteiger partial charge in [0.05, 0.1) is 6.20 Å². The zero-order valence-corrected chi connectivity index (χ0v) is 13.9. The van der Waals surface area contributed by atoms with Gasteiger partial charge in [-0.1, -0.05) is 6.92 Å². The average molecular weight is 325 g/mol. The Hall–Kier alpha value is -2.40. The van der Waals surface area contributed by atoms with Crippen molar-refractivity contribution >= 4 is 5.91 Å². The Bertz CT molecular complexity index is 654. The van der Waals surface area contributed by atoms with Crippen molar-refractivity contribution in [3.8, 4) is 11.5 Å². The number of ether oxygens (including phenoxy) is 1. The Kier molecular flexibility index (Phi) is 5.43. The summed E-state index contributed by atoms with van der Waals surface area (Å²) in [6.45, 7) is 4.80. The maximum atomic E-state index is 12.2. The highest BCUT2D eigenvalue weighted by atomic mass is 16.5. The summed E-state index contributed by atoms with van der Waals surface area (Å²) in [5, 5.41) is 2.98. The first kappa shape index (κ1) is 16.5. The number of aromatic nitrogens is 1. The van der Waals surface area contributed by atoms with Gasteiger partial charge in [0.25, 0.3) is 5.91 Å². The van der Waals surface area contributed by atoms with E-state index in [2.05, 4.69) is 22.1 Å². The smallest absolute Gasteiger partial charge is 0.251 e. The van der Waals surface area contributed by atoms with Gasteiger partial charge < -0.3 is 10.1 Å². The van der Waals surface area contributed by atoms with Crippen LogP contribution >= 0.6 is 0 Å². The molecule has 0 unspecified atom stereocenters. The Morgan fingerprint density at radius 2 is 2.04 bits per heavy atom. The maximum absolute atomic E-state index is 12.2. The molecule has 1 amide bonds. The van der Waals surface area contributed by atoms with Gasteiger partial charge in [-0.2, -0.15) is 0 Å². The maximum Gasteiger partial charge on any atom is 0.251 e. The lowest BCUT2D eigenvalue weighted by atomic mass is 10.2. The zero-order valence-electron chi connectivity index (χ0n) is 13.9. The number of hydrogen-bond acceptors (Lipinski definition) is 4. The van der Waals surface area contributed by atoms with Crippen LogP contribution in [-0.2, 0) is 0 Å². The van der Waals surface area contributed by atoms with E-state index in [9.17, 15) is 4.79 Å². The van der Waals surface area contributed by atoms with Crippen LogP contribution in [0.2, 0.25) is 0 Å². The summed E-state index contributed by atoms with van der Waals surface area (Å²) >= 11 is 0. The molecule has 2 aromatic rings. The molecule has 1 aliphatic carbocycles. The molecular formula is C19H23N3O2. The number of amides is 1. The van der Waals surface area contributed by atoms with Crippen molar-refractivity contribution in [2.75, 3.05) is 19.6 Å². The minimum absolute atomic E-state index is 0.0465. The summed E-state index contributed by atoms with van der Waals surface area (Å²) in [6, 6.07) is 11.5. The predicted molar refractivity (Wildman–Crippen MR) is 93.4 cm³/mol. The van der Waals surface area contributed by atoms with E-state index in [0.717, 1.165) is 19.1 Å². The number of carbonyl (C=O) groups is 1. The van der Waals surface area contributed by atoms with Crippen molar-refractivity contribution in [2.45, 2.75) is 25.8 Å². The van der Waals surface area contributed by atoms with Gasteiger partial charge >= 0.3 is 0 Å². The van der Waals surface area contributed by atoms with E-state index in [1.807, 2.05) is 12.1 Å². The molecule has 0 atom stereocenters. The first-order valence-corrected chi connectivity index (χ1v) is 8.46. The molecule has 0 aliphatic heterocycles. The second kappa shape index (κ2) is 7.93. The number of benzene rings is 1. The Morgan fingerprint density at radius 3 is 2.67 bits per heavy atom. The van der Waals surface area contributed by atoms with Crippen LogP contribution in [0.25, 0.3) is 0 Å². The molecule has 0 bridgehead atoms. The van der Waals surface area contributed by atoms with Crippen molar-refractivity contribution in [3.63, 3.8) is 0 Å². The molecule has 1 saturated carbocycles. The Morgan fingerprint density at radius 1 is 1.25 bits per heavy atom. The van der Waals surface area contributed by atoms with Gasteiger partial charge in [0.15, 0.2) is 0 Å². The van der Waals surface area contributed by atoms with Crippen molar-refractivity contribution < 1.29 is 9.53 Å². The van der Waals surface area contributed by atoms with E-state index in [-0.39, 0.29) is 5.91 Å². The lowest BCUT2D eigenvalue weighted by Crippen LogP contribution is -2.36. The van der Waals surface area contributed by atoms with Crippen LogP contribution in [0.4, 0.5) is 0 Å². The van der Waals surface area contributed by atoms with Crippen LogP contribution in [0.3, 0.4) is 0 Å². The highest BCUT2D eigenvalue weighted by Gasteiger charge is 2.27. The highest BCUT2D eigenvalue weighted by Crippen LogP contribution is 2.25. The van der Waals surface area contributed by atoms with Crippen LogP contribution in [0, 0.1) is 0 Å². The van der Waals surface area contributed by atoms with E-state index in [4.69, 9.17) is 4.74 Å². The minimum Gasteiger partial charge on any atom is -0.456 e. The molecule has 1 heterocycles. The van der Waals surface area contributed by atoms with Gasteiger partial charge in [0.2, 0.25) is 0 Å². The molecule has 3 rings (SSSR count). The van der Waals surface area contributed by atoms with Crippen molar-refractivity contribution in [1.29, 1.82) is 0 Å². The first-order chi connectivity index (χ1) is 11.8. The van der Waals surface area contributed by atoms with Gasteiger partial charge in [-0.15, -0.1) is 0 Å². The third kappa shape index (κ3) is 4.55. The molecule has 5 nitrogen and oxygen atoms in total. The van der Waals surface area contributed by atoms with Gasteiger partial charge in [-0.05, 0) is 55.8 Å². The molecule has 1 aromatic heterocycles. The molecule has 5 heteroatoms.